The number of halogens is 2. The van der Waals surface area contributed by atoms with Crippen LogP contribution in [0, 0.1) is 17.6 Å². The molecule has 0 radical (unpaired) electrons. The monoisotopic (exact) mass is 345 g/mol. The summed E-state index contributed by atoms with van der Waals surface area (Å²) < 4.78 is 27.0. The largest absolute Gasteiger partial charge is 0.363 e. The number of nitrogens with one attached hydrogen (secondary N) is 1. The predicted molar refractivity (Wildman–Crippen MR) is 93.4 cm³/mol. The maximum absolute atomic E-state index is 13.9. The molecule has 3 unspecified atom stereocenters. The normalized spacial score (nSPS) is 22.4. The van der Waals surface area contributed by atoms with Crippen LogP contribution in [0.25, 0.3) is 0 Å². The molecule has 3 atom stereocenters. The molecule has 0 saturated heterocycles. The van der Waals surface area contributed by atoms with Gasteiger partial charge in [-0.1, -0.05) is 13.8 Å². The van der Waals surface area contributed by atoms with Crippen molar-refractivity contribution in [3.8, 4) is 0 Å². The van der Waals surface area contributed by atoms with Crippen molar-refractivity contribution in [2.75, 3.05) is 10.2 Å². The second kappa shape index (κ2) is 6.78. The van der Waals surface area contributed by atoms with E-state index in [4.69, 9.17) is 0 Å². The standard InChI is InChI=1S/C19H21F2N3O/c1-4-16-11(2)19(23-18-8-6-14(21)10-22-18)15-9-13(20)5-7-17(15)24(16)12(3)25/h5-11,16,19H,4H2,1-3H3,(H,22,23). The highest BCUT2D eigenvalue weighted by Gasteiger charge is 2.39. The molecule has 0 spiro atoms. The minimum absolute atomic E-state index is 0.0200. The van der Waals surface area contributed by atoms with Crippen LogP contribution < -0.4 is 10.2 Å². The first-order chi connectivity index (χ1) is 11.9. The summed E-state index contributed by atoms with van der Waals surface area (Å²) in [5.41, 5.74) is 1.41. The van der Waals surface area contributed by atoms with Crippen molar-refractivity contribution in [3.05, 3.63) is 53.7 Å². The van der Waals surface area contributed by atoms with Crippen molar-refractivity contribution in [1.29, 1.82) is 0 Å². The van der Waals surface area contributed by atoms with Crippen molar-refractivity contribution < 1.29 is 13.6 Å². The maximum atomic E-state index is 13.9. The first-order valence-electron chi connectivity index (χ1n) is 8.39. The van der Waals surface area contributed by atoms with Crippen LogP contribution in [0.1, 0.15) is 38.8 Å². The summed E-state index contributed by atoms with van der Waals surface area (Å²) in [5.74, 6) is -0.300. The van der Waals surface area contributed by atoms with E-state index in [1.165, 1.54) is 25.1 Å². The van der Waals surface area contributed by atoms with E-state index >= 15 is 0 Å². The molecule has 1 N–H and O–H groups in total. The Labute approximate surface area is 145 Å². The van der Waals surface area contributed by atoms with Crippen molar-refractivity contribution in [2.24, 2.45) is 5.92 Å². The highest BCUT2D eigenvalue weighted by atomic mass is 19.1. The van der Waals surface area contributed by atoms with Crippen molar-refractivity contribution in [2.45, 2.75) is 39.3 Å². The number of benzene rings is 1. The molecule has 1 amide bonds. The number of nitrogens with zero attached hydrogens (tertiary/aromatic N) is 2. The molecule has 6 heteroatoms. The minimum atomic E-state index is -0.414. The van der Waals surface area contributed by atoms with E-state index in [2.05, 4.69) is 10.3 Å². The van der Waals surface area contributed by atoms with Crippen molar-refractivity contribution in [3.63, 3.8) is 0 Å². The molecule has 0 saturated carbocycles. The van der Waals surface area contributed by atoms with E-state index in [1.54, 1.807) is 17.0 Å². The first-order valence-corrected chi connectivity index (χ1v) is 8.39. The highest BCUT2D eigenvalue weighted by Crippen LogP contribution is 2.43. The van der Waals surface area contributed by atoms with Crippen LogP contribution in [0.4, 0.5) is 20.3 Å². The van der Waals surface area contributed by atoms with Crippen LogP contribution in [0.2, 0.25) is 0 Å². The Bertz CT molecular complexity index is 779. The van der Waals surface area contributed by atoms with Crippen LogP contribution >= 0.6 is 0 Å². The minimum Gasteiger partial charge on any atom is -0.363 e. The van der Waals surface area contributed by atoms with Crippen LogP contribution in [0.5, 0.6) is 0 Å². The topological polar surface area (TPSA) is 45.2 Å². The van der Waals surface area contributed by atoms with Gasteiger partial charge in [-0.2, -0.15) is 0 Å². The lowest BCUT2D eigenvalue weighted by molar-refractivity contribution is -0.117. The average Bonchev–Trinajstić information content (AvgIpc) is 2.58. The zero-order chi connectivity index (χ0) is 18.1. The molecule has 25 heavy (non-hydrogen) atoms. The molecular weight excluding hydrogens is 324 g/mol. The molecule has 1 aliphatic rings. The van der Waals surface area contributed by atoms with Crippen LogP contribution in [0.15, 0.2) is 36.5 Å². The molecular formula is C19H21F2N3O. The second-order valence-corrected chi connectivity index (χ2v) is 6.41. The number of hydrogen-bond donors (Lipinski definition) is 1. The lowest BCUT2D eigenvalue weighted by Gasteiger charge is -2.45. The van der Waals surface area contributed by atoms with E-state index in [0.29, 0.717) is 17.1 Å². The summed E-state index contributed by atoms with van der Waals surface area (Å²) in [6, 6.07) is 7.10. The number of rotatable bonds is 3. The summed E-state index contributed by atoms with van der Waals surface area (Å²) >= 11 is 0. The fourth-order valence-corrected chi connectivity index (χ4v) is 3.70. The van der Waals surface area contributed by atoms with Gasteiger partial charge >= 0.3 is 0 Å². The Morgan fingerprint density at radius 2 is 1.96 bits per heavy atom. The first kappa shape index (κ1) is 17.3. The zero-order valence-electron chi connectivity index (χ0n) is 14.5. The SMILES string of the molecule is CCC1C(C)C(Nc2ccc(F)cn2)c2cc(F)ccc2N1C(C)=O. The quantitative estimate of drug-likeness (QED) is 0.902. The molecule has 0 bridgehead atoms. The number of aromatic nitrogens is 1. The maximum Gasteiger partial charge on any atom is 0.224 e. The molecule has 2 heterocycles. The number of amides is 1. The second-order valence-electron chi connectivity index (χ2n) is 6.41. The summed E-state index contributed by atoms with van der Waals surface area (Å²) in [6.45, 7) is 5.58. The van der Waals surface area contributed by atoms with Gasteiger partial charge < -0.3 is 10.2 Å². The smallest absolute Gasteiger partial charge is 0.224 e. The fraction of sp³-hybridized carbons (Fsp3) is 0.368. The lowest BCUT2D eigenvalue weighted by atomic mass is 9.81. The highest BCUT2D eigenvalue weighted by molar-refractivity contribution is 5.94. The number of fused-ring (bicyclic) bond motifs is 1. The molecule has 1 aliphatic heterocycles. The van der Waals surface area contributed by atoms with E-state index in [0.717, 1.165) is 12.6 Å². The summed E-state index contributed by atoms with van der Waals surface area (Å²) in [6.07, 6.45) is 1.91. The summed E-state index contributed by atoms with van der Waals surface area (Å²) in [5, 5.41) is 3.28. The average molecular weight is 345 g/mol. The van der Waals surface area contributed by atoms with E-state index in [9.17, 15) is 13.6 Å². The van der Waals surface area contributed by atoms with E-state index in [-0.39, 0.29) is 29.7 Å². The molecule has 1 aromatic carbocycles. The van der Waals surface area contributed by atoms with Crippen LogP contribution in [-0.2, 0) is 4.79 Å². The number of pyridine rings is 1. The van der Waals surface area contributed by atoms with Crippen LogP contribution in [0.3, 0.4) is 0 Å². The Kier molecular flexibility index (Phi) is 4.70. The van der Waals surface area contributed by atoms with Gasteiger partial charge in [0.1, 0.15) is 17.5 Å². The summed E-state index contributed by atoms with van der Waals surface area (Å²) in [4.78, 5) is 18.0. The molecule has 0 fully saturated rings. The third kappa shape index (κ3) is 3.21. The van der Waals surface area contributed by atoms with Crippen molar-refractivity contribution >= 4 is 17.4 Å². The zero-order valence-corrected chi connectivity index (χ0v) is 14.5. The number of carbonyl (C=O) groups excluding carboxylic acids is 1. The summed E-state index contributed by atoms with van der Waals surface area (Å²) in [7, 11) is 0. The van der Waals surface area contributed by atoms with Gasteiger partial charge in [0.25, 0.3) is 0 Å². The predicted octanol–water partition coefficient (Wildman–Crippen LogP) is 4.29. The number of anilines is 2. The Morgan fingerprint density at radius 1 is 1.24 bits per heavy atom. The van der Waals surface area contributed by atoms with Gasteiger partial charge in [-0.25, -0.2) is 13.8 Å². The number of carbonyl (C=O) groups is 1. The van der Waals surface area contributed by atoms with Crippen molar-refractivity contribution in [1.82, 2.24) is 4.98 Å². The van der Waals surface area contributed by atoms with Gasteiger partial charge in [0.2, 0.25) is 5.91 Å². The molecule has 3 rings (SSSR count). The third-order valence-corrected chi connectivity index (χ3v) is 4.84. The van der Waals surface area contributed by atoms with Gasteiger partial charge in [0.15, 0.2) is 0 Å². The van der Waals surface area contributed by atoms with Gasteiger partial charge in [0.05, 0.1) is 12.2 Å². The number of hydrogen-bond acceptors (Lipinski definition) is 3. The van der Waals surface area contributed by atoms with E-state index < -0.39 is 5.82 Å². The van der Waals surface area contributed by atoms with E-state index in [1.807, 2.05) is 13.8 Å². The lowest BCUT2D eigenvalue weighted by Crippen LogP contribution is -2.49. The molecule has 2 aromatic rings. The molecule has 4 nitrogen and oxygen atoms in total. The van der Waals surface area contributed by atoms with Gasteiger partial charge in [-0.15, -0.1) is 0 Å². The fourth-order valence-electron chi connectivity index (χ4n) is 3.70. The Hall–Kier alpha value is -2.50. The third-order valence-electron chi connectivity index (χ3n) is 4.84. The Morgan fingerprint density at radius 3 is 2.56 bits per heavy atom. The Balaban J connectivity index is 2.07. The van der Waals surface area contributed by atoms with Gasteiger partial charge in [-0.05, 0) is 36.8 Å². The molecule has 132 valence electrons. The molecule has 0 aliphatic carbocycles. The molecule has 1 aromatic heterocycles. The van der Waals surface area contributed by atoms with Gasteiger partial charge in [-0.3, -0.25) is 4.79 Å². The van der Waals surface area contributed by atoms with Gasteiger partial charge in [0, 0.05) is 30.1 Å². The van der Waals surface area contributed by atoms with Crippen LogP contribution in [-0.4, -0.2) is 16.9 Å².